The van der Waals surface area contributed by atoms with E-state index in [1.165, 1.54) is 70.4 Å². The number of Topliss-reactive ketones (excluding diaryl/α,β-unsaturated/α-hetero) is 2. The number of nitrogens with zero attached hydrogens (tertiary/aromatic N) is 6. The van der Waals surface area contributed by atoms with E-state index in [0.717, 1.165) is 26.2 Å². The van der Waals surface area contributed by atoms with E-state index in [-0.39, 0.29) is 55.6 Å². The Bertz CT molecular complexity index is 2520. The van der Waals surface area contributed by atoms with Crippen LogP contribution in [0.2, 0.25) is 0 Å². The highest BCUT2D eigenvalue weighted by Gasteiger charge is 2.19. The van der Waals surface area contributed by atoms with E-state index in [1.807, 2.05) is 40.3 Å². The molecule has 4 aromatic heterocycles. The fourth-order valence-corrected chi connectivity index (χ4v) is 9.53. The number of ketones is 2. The molecule has 0 aliphatic rings. The number of nitrogens with one attached hydrogen (secondary N) is 4. The fourth-order valence-electron chi connectivity index (χ4n) is 5.56. The number of carbonyl (C=O) groups is 2. The van der Waals surface area contributed by atoms with Gasteiger partial charge in [-0.1, -0.05) is 21.6 Å². The normalized spacial score (nSPS) is 11.9. The second kappa shape index (κ2) is 19.8. The molecule has 0 saturated heterocycles. The molecule has 20 heteroatoms. The van der Waals surface area contributed by atoms with Crippen LogP contribution in [0.3, 0.4) is 0 Å². The third-order valence-corrected chi connectivity index (χ3v) is 13.6. The van der Waals surface area contributed by atoms with Gasteiger partial charge in [0.1, 0.15) is 23.0 Å². The van der Waals surface area contributed by atoms with Crippen molar-refractivity contribution < 1.29 is 26.4 Å². The average molecular weight is 889 g/mol. The molecule has 0 unspecified atom stereocenters. The lowest BCUT2D eigenvalue weighted by molar-refractivity contribution is 0.100. The first-order valence-corrected chi connectivity index (χ1v) is 24.0. The lowest BCUT2D eigenvalue weighted by Crippen LogP contribution is -2.21. The van der Waals surface area contributed by atoms with Crippen molar-refractivity contribution in [3.05, 3.63) is 109 Å². The Morgan fingerprint density at radius 3 is 1.35 bits per heavy atom. The summed E-state index contributed by atoms with van der Waals surface area (Å²) >= 11 is 0. The molecule has 0 spiro atoms. The highest BCUT2D eigenvalue weighted by Crippen LogP contribution is 2.26. The zero-order valence-corrected chi connectivity index (χ0v) is 36.5. The van der Waals surface area contributed by atoms with Crippen LogP contribution in [-0.4, -0.2) is 124 Å². The van der Waals surface area contributed by atoms with Crippen molar-refractivity contribution in [1.29, 1.82) is 0 Å². The van der Waals surface area contributed by atoms with Crippen molar-refractivity contribution in [2.24, 2.45) is 0 Å². The maximum absolute atomic E-state index is 13.2. The molecule has 0 aliphatic heterocycles. The van der Waals surface area contributed by atoms with Crippen molar-refractivity contribution in [3.63, 3.8) is 0 Å². The number of pyridine rings is 4. The molecule has 6 aromatic rings. The minimum absolute atomic E-state index is 0.0157. The molecule has 0 amide bonds. The quantitative estimate of drug-likeness (QED) is 0.0396. The monoisotopic (exact) mass is 888 g/mol. The molecule has 4 heterocycles. The third-order valence-electron chi connectivity index (χ3n) is 8.74. The highest BCUT2D eigenvalue weighted by atomic mass is 33.1. The van der Waals surface area contributed by atoms with E-state index < -0.39 is 20.0 Å². The summed E-state index contributed by atoms with van der Waals surface area (Å²) in [6, 6.07) is 22.4. The van der Waals surface area contributed by atoms with Crippen LogP contribution in [0.4, 0.5) is 23.0 Å². The van der Waals surface area contributed by atoms with Crippen LogP contribution in [0.1, 0.15) is 21.0 Å². The maximum atomic E-state index is 13.2. The van der Waals surface area contributed by atoms with E-state index in [9.17, 15) is 26.4 Å². The summed E-state index contributed by atoms with van der Waals surface area (Å²) in [6.45, 7) is 3.12. The molecule has 2 aromatic carbocycles. The molecule has 0 radical (unpaired) electrons. The summed E-state index contributed by atoms with van der Waals surface area (Å²) in [5, 5.41) is 7.83. The molecular weight excluding hydrogens is 845 g/mol. The summed E-state index contributed by atoms with van der Waals surface area (Å²) < 4.78 is 57.6. The molecule has 6 rings (SSSR count). The Morgan fingerprint density at radius 2 is 0.983 bits per heavy atom. The van der Waals surface area contributed by atoms with Gasteiger partial charge in [-0.2, -0.15) is 0 Å². The van der Waals surface area contributed by atoms with Crippen molar-refractivity contribution in [1.82, 2.24) is 29.7 Å². The molecule has 60 heavy (non-hydrogen) atoms. The van der Waals surface area contributed by atoms with Crippen molar-refractivity contribution in [2.75, 3.05) is 86.0 Å². The largest absolute Gasteiger partial charge is 0.369 e. The van der Waals surface area contributed by atoms with Gasteiger partial charge in [0.15, 0.2) is 11.6 Å². The molecule has 0 saturated carbocycles. The summed E-state index contributed by atoms with van der Waals surface area (Å²) in [5.74, 6) is 0.822. The van der Waals surface area contributed by atoms with Gasteiger partial charge in [0.2, 0.25) is 0 Å². The number of aromatic nitrogens is 4. The van der Waals surface area contributed by atoms with Gasteiger partial charge >= 0.3 is 0 Å². The molecule has 0 bridgehead atoms. The lowest BCUT2D eigenvalue weighted by atomic mass is 10.2. The SMILES string of the molecule is CN(C)CCNc1ccc2cc(S(=O)(=O)Nc3ccc(C(=O)CSSCC(=O)c4ccc(NS(=O)(=O)c5ccc6nc(NCCN(C)C)ccc6c5)cn4)nc3)ccc2n1. The van der Waals surface area contributed by atoms with E-state index in [2.05, 4.69) is 49.8 Å². The van der Waals surface area contributed by atoms with E-state index in [0.29, 0.717) is 33.4 Å². The van der Waals surface area contributed by atoms with Gasteiger partial charge in [0.25, 0.3) is 20.0 Å². The molecule has 16 nitrogen and oxygen atoms in total. The Labute approximate surface area is 356 Å². The van der Waals surface area contributed by atoms with Crippen molar-refractivity contribution in [2.45, 2.75) is 9.79 Å². The number of hydrogen-bond donors (Lipinski definition) is 4. The second-order valence-corrected chi connectivity index (χ2v) is 19.8. The standard InChI is InChI=1S/C40H44N10O6S4/c1-49(2)19-17-41-39-15-5-27-21-31(9-13-33(27)45-39)59(53,54)47-29-7-11-35(43-23-29)37(51)25-57-58-26-38(52)36-12-8-30(24-44-36)48-60(55,56)32-10-14-34-28(22-32)6-16-40(46-34)42-18-20-50(3)4/h5-16,21-24,47-48H,17-20,25-26H2,1-4H3,(H,41,45)(H,42,46). The highest BCUT2D eigenvalue weighted by molar-refractivity contribution is 8.77. The van der Waals surface area contributed by atoms with E-state index in [4.69, 9.17) is 0 Å². The Kier molecular flexibility index (Phi) is 14.6. The van der Waals surface area contributed by atoms with Crippen LogP contribution < -0.4 is 20.1 Å². The first-order valence-electron chi connectivity index (χ1n) is 18.5. The van der Waals surface area contributed by atoms with Crippen LogP contribution in [-0.2, 0) is 20.0 Å². The second-order valence-electron chi connectivity index (χ2n) is 14.0. The Morgan fingerprint density at radius 1 is 0.567 bits per heavy atom. The molecule has 0 fully saturated rings. The molecular formula is C40H44N10O6S4. The van der Waals surface area contributed by atoms with Gasteiger partial charge in [-0.3, -0.25) is 29.0 Å². The van der Waals surface area contributed by atoms with E-state index in [1.54, 1.807) is 36.4 Å². The molecule has 314 valence electrons. The number of sulfonamides is 2. The van der Waals surface area contributed by atoms with Gasteiger partial charge < -0.3 is 20.4 Å². The summed E-state index contributed by atoms with van der Waals surface area (Å²) in [7, 11) is 2.35. The number of likely N-dealkylation sites (N-methyl/N-ethyl adjacent to an activating group) is 2. The molecule has 0 atom stereocenters. The van der Waals surface area contributed by atoms with Gasteiger partial charge in [0.05, 0.1) is 56.1 Å². The number of rotatable bonds is 21. The zero-order chi connectivity index (χ0) is 42.9. The Hall–Kier alpha value is -5.38. The summed E-state index contributed by atoms with van der Waals surface area (Å²) in [5.41, 5.74) is 1.96. The first kappa shape index (κ1) is 44.2. The Balaban J connectivity index is 0.944. The van der Waals surface area contributed by atoms with Gasteiger partial charge in [-0.05, 0) is 113 Å². The number of anilines is 4. The van der Waals surface area contributed by atoms with Crippen LogP contribution in [0.25, 0.3) is 21.8 Å². The number of carbonyl (C=O) groups excluding carboxylic acids is 2. The topological polar surface area (TPSA) is 209 Å². The van der Waals surface area contributed by atoms with Crippen molar-refractivity contribution >= 4 is 98.0 Å². The van der Waals surface area contributed by atoms with Gasteiger partial charge in [-0.25, -0.2) is 26.8 Å². The van der Waals surface area contributed by atoms with Gasteiger partial charge in [-0.15, -0.1) is 0 Å². The minimum Gasteiger partial charge on any atom is -0.369 e. The predicted molar refractivity (Wildman–Crippen MR) is 241 cm³/mol. The van der Waals surface area contributed by atoms with Crippen LogP contribution in [0.5, 0.6) is 0 Å². The third kappa shape index (κ3) is 12.1. The van der Waals surface area contributed by atoms with Gasteiger partial charge in [0, 0.05) is 37.0 Å². The molecule has 4 N–H and O–H groups in total. The lowest BCUT2D eigenvalue weighted by Gasteiger charge is -2.12. The van der Waals surface area contributed by atoms with Crippen LogP contribution in [0.15, 0.2) is 107 Å². The predicted octanol–water partition coefficient (Wildman–Crippen LogP) is 5.57. The average Bonchev–Trinajstić information content (AvgIpc) is 3.21. The number of benzene rings is 2. The number of fused-ring (bicyclic) bond motifs is 2. The first-order chi connectivity index (χ1) is 28.6. The van der Waals surface area contributed by atoms with E-state index >= 15 is 0 Å². The fraction of sp³-hybridized carbons (Fsp3) is 0.250. The van der Waals surface area contributed by atoms with Crippen LogP contribution >= 0.6 is 21.6 Å². The zero-order valence-electron chi connectivity index (χ0n) is 33.2. The minimum atomic E-state index is -3.96. The molecule has 0 aliphatic carbocycles. The smallest absolute Gasteiger partial charge is 0.261 e. The summed E-state index contributed by atoms with van der Waals surface area (Å²) in [6.07, 6.45) is 2.55. The maximum Gasteiger partial charge on any atom is 0.261 e. The summed E-state index contributed by atoms with van der Waals surface area (Å²) in [4.78, 5) is 47.2. The number of hydrogen-bond acceptors (Lipinski definition) is 16. The van der Waals surface area contributed by atoms with Crippen LogP contribution in [0, 0.1) is 0 Å². The van der Waals surface area contributed by atoms with Crippen molar-refractivity contribution in [3.8, 4) is 0 Å².